The first-order chi connectivity index (χ1) is 9.35. The molecule has 0 aromatic heterocycles. The number of hydrogen-bond acceptors (Lipinski definition) is 5. The number of fused-ring (bicyclic) bond motifs is 1. The van der Waals surface area contributed by atoms with Crippen LogP contribution in [0.3, 0.4) is 0 Å². The third-order valence-electron chi connectivity index (χ3n) is 3.23. The van der Waals surface area contributed by atoms with Crippen LogP contribution in [0.2, 0.25) is 0 Å². The molecule has 5 nitrogen and oxygen atoms in total. The average molecular weight is 317 g/mol. The molecule has 0 amide bonds. The zero-order valence-electron chi connectivity index (χ0n) is 11.2. The number of thioether (sulfide) groups is 1. The zero-order chi connectivity index (χ0) is 14.8. The van der Waals surface area contributed by atoms with Gasteiger partial charge in [-0.2, -0.15) is 8.42 Å². The highest BCUT2D eigenvalue weighted by Crippen LogP contribution is 2.36. The second-order valence-electron chi connectivity index (χ2n) is 5.19. The van der Waals surface area contributed by atoms with Gasteiger partial charge in [0, 0.05) is 16.6 Å². The van der Waals surface area contributed by atoms with Crippen LogP contribution in [0.25, 0.3) is 0 Å². The summed E-state index contributed by atoms with van der Waals surface area (Å²) < 4.78 is 36.4. The summed E-state index contributed by atoms with van der Waals surface area (Å²) in [6.07, 6.45) is 0.136. The molecule has 3 unspecified atom stereocenters. The van der Waals surface area contributed by atoms with Crippen LogP contribution in [-0.4, -0.2) is 30.7 Å². The fourth-order valence-corrected chi connectivity index (χ4v) is 4.36. The molecule has 0 saturated carbocycles. The third kappa shape index (κ3) is 4.37. The number of ether oxygens (including phenoxy) is 1. The Morgan fingerprint density at radius 1 is 1.50 bits per heavy atom. The molecule has 1 aromatic rings. The summed E-state index contributed by atoms with van der Waals surface area (Å²) in [5.41, 5.74) is 6.06. The molecular weight excluding hydrogens is 298 g/mol. The molecule has 7 heteroatoms. The maximum Gasteiger partial charge on any atom is 0.265 e. The molecule has 3 N–H and O–H groups in total. The van der Waals surface area contributed by atoms with Crippen LogP contribution in [0.15, 0.2) is 29.2 Å². The largest absolute Gasteiger partial charge is 0.474 e. The lowest BCUT2D eigenvalue weighted by molar-refractivity contribution is 0.137. The fourth-order valence-electron chi connectivity index (χ4n) is 2.35. The van der Waals surface area contributed by atoms with Crippen molar-refractivity contribution >= 4 is 21.9 Å². The van der Waals surface area contributed by atoms with E-state index in [-0.39, 0.29) is 17.6 Å². The van der Waals surface area contributed by atoms with E-state index in [0.717, 1.165) is 16.4 Å². The van der Waals surface area contributed by atoms with E-state index in [1.54, 1.807) is 18.7 Å². The van der Waals surface area contributed by atoms with E-state index >= 15 is 0 Å². The van der Waals surface area contributed by atoms with Crippen molar-refractivity contribution in [2.24, 2.45) is 17.6 Å². The van der Waals surface area contributed by atoms with E-state index in [1.807, 2.05) is 24.3 Å². The van der Waals surface area contributed by atoms with E-state index < -0.39 is 16.3 Å². The van der Waals surface area contributed by atoms with Crippen molar-refractivity contribution < 1.29 is 17.7 Å². The lowest BCUT2D eigenvalue weighted by Crippen LogP contribution is -2.37. The molecular formula is C13H19NO4S2. The Balaban J connectivity index is 2.01. The first-order valence-corrected chi connectivity index (χ1v) is 9.04. The standard InChI is InChI=1S/C13H19NO4S2/c1-9(8-20(15,16)17)6-10-7-19-12-5-3-2-4-11(12)18-13(10)14/h2-5,9-10,13H,6-8,14H2,1H3,(H,15,16,17). The van der Waals surface area contributed by atoms with Gasteiger partial charge < -0.3 is 4.74 Å². The Labute approximate surface area is 123 Å². The van der Waals surface area contributed by atoms with Gasteiger partial charge in [-0.15, -0.1) is 11.8 Å². The van der Waals surface area contributed by atoms with Gasteiger partial charge in [0.05, 0.1) is 5.75 Å². The van der Waals surface area contributed by atoms with Gasteiger partial charge in [-0.3, -0.25) is 10.3 Å². The predicted octanol–water partition coefficient (Wildman–Crippen LogP) is 1.99. The van der Waals surface area contributed by atoms with Crippen LogP contribution in [0, 0.1) is 11.8 Å². The number of benzene rings is 1. The minimum absolute atomic E-state index is 0.0455. The topological polar surface area (TPSA) is 89.6 Å². The van der Waals surface area contributed by atoms with Gasteiger partial charge in [0.2, 0.25) is 0 Å². The summed E-state index contributed by atoms with van der Waals surface area (Å²) in [5, 5.41) is 0. The summed E-state index contributed by atoms with van der Waals surface area (Å²) >= 11 is 1.66. The highest BCUT2D eigenvalue weighted by Gasteiger charge is 2.27. The maximum atomic E-state index is 10.9. The zero-order valence-corrected chi connectivity index (χ0v) is 12.9. The molecule has 3 atom stereocenters. The van der Waals surface area contributed by atoms with Gasteiger partial charge in [0.15, 0.2) is 6.23 Å². The van der Waals surface area contributed by atoms with Crippen LogP contribution in [-0.2, 0) is 10.1 Å². The van der Waals surface area contributed by atoms with Gasteiger partial charge in [-0.1, -0.05) is 19.1 Å². The van der Waals surface area contributed by atoms with Crippen LogP contribution in [0.1, 0.15) is 13.3 Å². The molecule has 0 aliphatic carbocycles. The number of hydrogen-bond donors (Lipinski definition) is 2. The van der Waals surface area contributed by atoms with Crippen LogP contribution in [0.5, 0.6) is 5.75 Å². The Morgan fingerprint density at radius 3 is 2.90 bits per heavy atom. The van der Waals surface area contributed by atoms with Crippen molar-refractivity contribution in [1.29, 1.82) is 0 Å². The van der Waals surface area contributed by atoms with Crippen molar-refractivity contribution in [2.75, 3.05) is 11.5 Å². The SMILES string of the molecule is CC(CC1CSc2ccccc2OC1N)CS(=O)(=O)O. The molecule has 0 fully saturated rings. The lowest BCUT2D eigenvalue weighted by Gasteiger charge is -2.23. The molecule has 0 radical (unpaired) electrons. The summed E-state index contributed by atoms with van der Waals surface area (Å²) in [6, 6.07) is 7.71. The molecule has 112 valence electrons. The van der Waals surface area contributed by atoms with E-state index in [0.29, 0.717) is 6.42 Å². The van der Waals surface area contributed by atoms with E-state index in [9.17, 15) is 8.42 Å². The van der Waals surface area contributed by atoms with Gasteiger partial charge in [0.25, 0.3) is 10.1 Å². The molecule has 2 rings (SSSR count). The number of nitrogens with two attached hydrogens (primary N) is 1. The second-order valence-corrected chi connectivity index (χ2v) is 7.75. The molecule has 20 heavy (non-hydrogen) atoms. The van der Waals surface area contributed by atoms with Crippen molar-refractivity contribution in [2.45, 2.75) is 24.5 Å². The van der Waals surface area contributed by atoms with Gasteiger partial charge >= 0.3 is 0 Å². The molecule has 1 aliphatic rings. The van der Waals surface area contributed by atoms with Gasteiger partial charge in [-0.05, 0) is 24.5 Å². The minimum Gasteiger partial charge on any atom is -0.474 e. The van der Waals surface area contributed by atoms with Crippen LogP contribution < -0.4 is 10.5 Å². The Hall–Kier alpha value is -0.760. The minimum atomic E-state index is -3.94. The Kier molecular flexibility index (Phi) is 4.95. The normalized spacial score (nSPS) is 24.4. The number of rotatable bonds is 4. The van der Waals surface area contributed by atoms with Crippen LogP contribution >= 0.6 is 11.8 Å². The van der Waals surface area contributed by atoms with Crippen LogP contribution in [0.4, 0.5) is 0 Å². The summed E-state index contributed by atoms with van der Waals surface area (Å²) in [4.78, 5) is 1.05. The molecule has 0 saturated heterocycles. The summed E-state index contributed by atoms with van der Waals surface area (Å²) in [7, 11) is -3.94. The highest BCUT2D eigenvalue weighted by atomic mass is 32.2. The fraction of sp³-hybridized carbons (Fsp3) is 0.538. The molecule has 1 aliphatic heterocycles. The summed E-state index contributed by atoms with van der Waals surface area (Å²) in [5.74, 6) is 1.19. The second kappa shape index (κ2) is 6.34. The van der Waals surface area contributed by atoms with E-state index in [2.05, 4.69) is 0 Å². The predicted molar refractivity (Wildman–Crippen MR) is 79.5 cm³/mol. The molecule has 1 aromatic carbocycles. The summed E-state index contributed by atoms with van der Waals surface area (Å²) in [6.45, 7) is 1.79. The smallest absolute Gasteiger partial charge is 0.265 e. The van der Waals surface area contributed by atoms with Crippen molar-refractivity contribution in [3.8, 4) is 5.75 Å². The molecule has 0 spiro atoms. The van der Waals surface area contributed by atoms with E-state index in [4.69, 9.17) is 15.0 Å². The van der Waals surface area contributed by atoms with E-state index in [1.165, 1.54) is 0 Å². The Bertz CT molecular complexity index is 561. The first kappa shape index (κ1) is 15.6. The third-order valence-corrected chi connectivity index (χ3v) is 5.46. The first-order valence-electron chi connectivity index (χ1n) is 6.44. The molecule has 1 heterocycles. The van der Waals surface area contributed by atoms with Crippen molar-refractivity contribution in [3.63, 3.8) is 0 Å². The molecule has 0 bridgehead atoms. The lowest BCUT2D eigenvalue weighted by atomic mass is 9.97. The van der Waals surface area contributed by atoms with Crippen molar-refractivity contribution in [1.82, 2.24) is 0 Å². The van der Waals surface area contributed by atoms with Gasteiger partial charge in [-0.25, -0.2) is 0 Å². The maximum absolute atomic E-state index is 10.9. The monoisotopic (exact) mass is 317 g/mol. The Morgan fingerprint density at radius 2 is 2.20 bits per heavy atom. The van der Waals surface area contributed by atoms with Crippen molar-refractivity contribution in [3.05, 3.63) is 24.3 Å². The number of para-hydroxylation sites is 1. The van der Waals surface area contributed by atoms with Gasteiger partial charge in [0.1, 0.15) is 5.75 Å². The highest BCUT2D eigenvalue weighted by molar-refractivity contribution is 7.99. The average Bonchev–Trinajstić information content (AvgIpc) is 2.47. The quantitative estimate of drug-likeness (QED) is 0.825.